The Hall–Kier alpha value is -1.56. The van der Waals surface area contributed by atoms with Crippen molar-refractivity contribution in [2.24, 2.45) is 0 Å². The Balaban J connectivity index is 1.75. The quantitative estimate of drug-likeness (QED) is 0.917. The molecule has 2 aromatic rings. The van der Waals surface area contributed by atoms with Crippen molar-refractivity contribution in [2.75, 3.05) is 38.2 Å². The van der Waals surface area contributed by atoms with Gasteiger partial charge in [0.2, 0.25) is 0 Å². The van der Waals surface area contributed by atoms with Crippen LogP contribution in [0, 0.1) is 6.92 Å². The number of nitrogens with one attached hydrogen (secondary N) is 1. The first-order chi connectivity index (χ1) is 10.7. The molecular weight excluding hydrogens is 302 g/mol. The molecule has 1 N–H and O–H groups in total. The second-order valence-corrected chi connectivity index (χ2v) is 5.76. The van der Waals surface area contributed by atoms with Crippen LogP contribution in [0.4, 0.5) is 5.69 Å². The third-order valence-corrected chi connectivity index (χ3v) is 4.14. The van der Waals surface area contributed by atoms with Crippen LogP contribution < -0.4 is 5.32 Å². The second kappa shape index (κ2) is 7.13. The van der Waals surface area contributed by atoms with Crippen molar-refractivity contribution in [3.8, 4) is 0 Å². The highest BCUT2D eigenvalue weighted by Gasteiger charge is 2.25. The molecular formula is C16H20ClN3O2. The zero-order valence-corrected chi connectivity index (χ0v) is 13.3. The van der Waals surface area contributed by atoms with Crippen molar-refractivity contribution in [1.82, 2.24) is 9.88 Å². The van der Waals surface area contributed by atoms with E-state index in [0.29, 0.717) is 5.02 Å². The van der Waals surface area contributed by atoms with E-state index in [1.54, 1.807) is 12.4 Å². The summed E-state index contributed by atoms with van der Waals surface area (Å²) in [6.45, 7) is 5.99. The molecule has 22 heavy (non-hydrogen) atoms. The van der Waals surface area contributed by atoms with E-state index < -0.39 is 0 Å². The predicted octanol–water partition coefficient (Wildman–Crippen LogP) is 3.12. The molecule has 1 aliphatic rings. The summed E-state index contributed by atoms with van der Waals surface area (Å²) in [6.07, 6.45) is 3.37. The Morgan fingerprint density at radius 1 is 1.32 bits per heavy atom. The molecule has 0 amide bonds. The first-order valence-corrected chi connectivity index (χ1v) is 7.83. The van der Waals surface area contributed by atoms with Crippen molar-refractivity contribution < 1.29 is 9.15 Å². The number of hydrogen-bond donors (Lipinski definition) is 1. The average molecular weight is 322 g/mol. The minimum atomic E-state index is 0.154. The standard InChI is InChI=1S/C16H20ClN3O2/c1-12-2-3-16(22-12)15(20-6-8-21-9-7-20)11-19-14-4-5-18-10-13(14)17/h2-5,10,15H,6-9,11H2,1H3,(H,18,19). The fourth-order valence-corrected chi connectivity index (χ4v) is 2.84. The summed E-state index contributed by atoms with van der Waals surface area (Å²) in [4.78, 5) is 6.38. The summed E-state index contributed by atoms with van der Waals surface area (Å²) in [5.74, 6) is 1.90. The van der Waals surface area contributed by atoms with Crippen LogP contribution in [0.3, 0.4) is 0 Å². The Kier molecular flexibility index (Phi) is 4.97. The fourth-order valence-electron chi connectivity index (χ4n) is 2.66. The van der Waals surface area contributed by atoms with Crippen molar-refractivity contribution in [2.45, 2.75) is 13.0 Å². The van der Waals surface area contributed by atoms with Gasteiger partial charge in [-0.25, -0.2) is 0 Å². The highest BCUT2D eigenvalue weighted by Crippen LogP contribution is 2.26. The molecule has 1 atom stereocenters. The van der Waals surface area contributed by atoms with Crippen molar-refractivity contribution >= 4 is 17.3 Å². The van der Waals surface area contributed by atoms with Crippen LogP contribution in [0.1, 0.15) is 17.6 Å². The summed E-state index contributed by atoms with van der Waals surface area (Å²) < 4.78 is 11.3. The van der Waals surface area contributed by atoms with Gasteiger partial charge in [0.1, 0.15) is 11.5 Å². The molecule has 0 bridgehead atoms. The largest absolute Gasteiger partial charge is 0.465 e. The van der Waals surface area contributed by atoms with E-state index in [9.17, 15) is 0 Å². The number of hydrogen-bond acceptors (Lipinski definition) is 5. The van der Waals surface area contributed by atoms with E-state index in [4.69, 9.17) is 20.8 Å². The lowest BCUT2D eigenvalue weighted by molar-refractivity contribution is 0.0143. The first-order valence-electron chi connectivity index (χ1n) is 7.45. The third kappa shape index (κ3) is 3.61. The number of aryl methyl sites for hydroxylation is 1. The molecule has 0 aliphatic carbocycles. The maximum atomic E-state index is 6.16. The minimum Gasteiger partial charge on any atom is -0.465 e. The molecule has 118 valence electrons. The number of halogens is 1. The molecule has 1 aliphatic heterocycles. The summed E-state index contributed by atoms with van der Waals surface area (Å²) in [6, 6.07) is 6.08. The zero-order chi connectivity index (χ0) is 15.4. The lowest BCUT2D eigenvalue weighted by Crippen LogP contribution is -2.41. The Bertz CT molecular complexity index is 611. The van der Waals surface area contributed by atoms with Gasteiger partial charge in [-0.1, -0.05) is 11.6 Å². The lowest BCUT2D eigenvalue weighted by Gasteiger charge is -2.33. The molecule has 1 unspecified atom stereocenters. The zero-order valence-electron chi connectivity index (χ0n) is 12.6. The number of furan rings is 1. The third-order valence-electron chi connectivity index (χ3n) is 3.83. The fraction of sp³-hybridized carbons (Fsp3) is 0.438. The number of pyridine rings is 1. The monoisotopic (exact) mass is 321 g/mol. The van der Waals surface area contributed by atoms with Gasteiger partial charge in [-0.2, -0.15) is 0 Å². The van der Waals surface area contributed by atoms with Crippen LogP contribution in [0.15, 0.2) is 35.0 Å². The Morgan fingerprint density at radius 2 is 2.14 bits per heavy atom. The van der Waals surface area contributed by atoms with E-state index in [-0.39, 0.29) is 6.04 Å². The SMILES string of the molecule is Cc1ccc(C(CNc2ccncc2Cl)N2CCOCC2)o1. The van der Waals surface area contributed by atoms with Crippen LogP contribution in [0.5, 0.6) is 0 Å². The number of nitrogens with zero attached hydrogens (tertiary/aromatic N) is 2. The highest BCUT2D eigenvalue weighted by atomic mass is 35.5. The molecule has 1 fully saturated rings. The number of ether oxygens (including phenoxy) is 1. The molecule has 0 aromatic carbocycles. The topological polar surface area (TPSA) is 50.5 Å². The summed E-state index contributed by atoms with van der Waals surface area (Å²) >= 11 is 6.16. The molecule has 3 rings (SSSR count). The van der Waals surface area contributed by atoms with Gasteiger partial charge < -0.3 is 14.5 Å². The van der Waals surface area contributed by atoms with Gasteiger partial charge in [0.05, 0.1) is 30.0 Å². The van der Waals surface area contributed by atoms with Crippen LogP contribution in [-0.4, -0.2) is 42.7 Å². The molecule has 0 saturated carbocycles. The van der Waals surface area contributed by atoms with Crippen LogP contribution in [-0.2, 0) is 4.74 Å². The van der Waals surface area contributed by atoms with E-state index in [1.165, 1.54) is 0 Å². The molecule has 5 nitrogen and oxygen atoms in total. The van der Waals surface area contributed by atoms with Crippen LogP contribution in [0.25, 0.3) is 0 Å². The summed E-state index contributed by atoms with van der Waals surface area (Å²) in [5, 5.41) is 4.03. The van der Waals surface area contributed by atoms with E-state index in [1.807, 2.05) is 25.1 Å². The highest BCUT2D eigenvalue weighted by molar-refractivity contribution is 6.33. The lowest BCUT2D eigenvalue weighted by atomic mass is 10.1. The van der Waals surface area contributed by atoms with Crippen LogP contribution in [0.2, 0.25) is 5.02 Å². The Morgan fingerprint density at radius 3 is 2.82 bits per heavy atom. The number of aromatic nitrogens is 1. The number of anilines is 1. The second-order valence-electron chi connectivity index (χ2n) is 5.35. The van der Waals surface area contributed by atoms with Gasteiger partial charge in [-0.05, 0) is 25.1 Å². The number of rotatable bonds is 5. The smallest absolute Gasteiger partial charge is 0.123 e. The van der Waals surface area contributed by atoms with Gasteiger partial charge in [0.25, 0.3) is 0 Å². The molecule has 6 heteroatoms. The summed E-state index contributed by atoms with van der Waals surface area (Å²) in [7, 11) is 0. The van der Waals surface area contributed by atoms with E-state index in [0.717, 1.165) is 50.1 Å². The van der Waals surface area contributed by atoms with E-state index >= 15 is 0 Å². The van der Waals surface area contributed by atoms with Gasteiger partial charge in [-0.15, -0.1) is 0 Å². The maximum Gasteiger partial charge on any atom is 0.123 e. The number of morpholine rings is 1. The maximum absolute atomic E-state index is 6.16. The van der Waals surface area contributed by atoms with Crippen LogP contribution >= 0.6 is 11.6 Å². The van der Waals surface area contributed by atoms with Gasteiger partial charge >= 0.3 is 0 Å². The van der Waals surface area contributed by atoms with Gasteiger partial charge in [0.15, 0.2) is 0 Å². The minimum absolute atomic E-state index is 0.154. The van der Waals surface area contributed by atoms with Crippen molar-refractivity contribution in [1.29, 1.82) is 0 Å². The molecule has 1 saturated heterocycles. The Labute approximate surface area is 135 Å². The first kappa shape index (κ1) is 15.3. The van der Waals surface area contributed by atoms with Crippen molar-refractivity contribution in [3.05, 3.63) is 47.1 Å². The molecule has 0 radical (unpaired) electrons. The molecule has 2 aromatic heterocycles. The van der Waals surface area contributed by atoms with E-state index in [2.05, 4.69) is 15.2 Å². The summed E-state index contributed by atoms with van der Waals surface area (Å²) in [5.41, 5.74) is 0.887. The van der Waals surface area contributed by atoms with Crippen molar-refractivity contribution in [3.63, 3.8) is 0 Å². The van der Waals surface area contributed by atoms with Gasteiger partial charge in [-0.3, -0.25) is 9.88 Å². The normalized spacial score (nSPS) is 17.4. The predicted molar refractivity (Wildman–Crippen MR) is 86.3 cm³/mol. The average Bonchev–Trinajstić information content (AvgIpc) is 2.97. The van der Waals surface area contributed by atoms with Gasteiger partial charge in [0, 0.05) is 32.0 Å². The molecule has 0 spiro atoms. The molecule has 3 heterocycles.